The topological polar surface area (TPSA) is 209 Å². The third-order valence-corrected chi connectivity index (χ3v) is 3.90. The van der Waals surface area contributed by atoms with Crippen molar-refractivity contribution in [2.45, 2.75) is 18.4 Å². The third kappa shape index (κ3) is 11.0. The highest BCUT2D eigenvalue weighted by Gasteiger charge is 2.43. The summed E-state index contributed by atoms with van der Waals surface area (Å²) in [5, 5.41) is 27.1. The van der Waals surface area contributed by atoms with E-state index in [1.54, 1.807) is 0 Å². The van der Waals surface area contributed by atoms with Gasteiger partial charge in [-0.05, 0) is 0 Å². The summed E-state index contributed by atoms with van der Waals surface area (Å²) in [5.74, 6) is -4.59. The van der Waals surface area contributed by atoms with Gasteiger partial charge in [-0.3, -0.25) is 28.8 Å². The molecule has 0 fully saturated rings. The Morgan fingerprint density at radius 2 is 1.16 bits per heavy atom. The highest BCUT2D eigenvalue weighted by molar-refractivity contribution is 5.86. The Morgan fingerprint density at radius 3 is 1.53 bits per heavy atom. The molecule has 0 aromatic heterocycles. The Kier molecular flexibility index (Phi) is 13.6. The van der Waals surface area contributed by atoms with Gasteiger partial charge in [-0.15, -0.1) is 0 Å². The lowest BCUT2D eigenvalue weighted by Gasteiger charge is -2.29. The minimum absolute atomic E-state index is 0.0678. The second-order valence-electron chi connectivity index (χ2n) is 6.44. The number of carboxylic acids is 3. The summed E-state index contributed by atoms with van der Waals surface area (Å²) >= 11 is 0. The summed E-state index contributed by atoms with van der Waals surface area (Å²) < 4.78 is 24.3. The number of carboxylic acid groups (broad SMARTS) is 3. The van der Waals surface area contributed by atoms with E-state index in [-0.39, 0.29) is 39.2 Å². The van der Waals surface area contributed by atoms with Crippen LogP contribution in [0.2, 0.25) is 0 Å². The van der Waals surface area contributed by atoms with Gasteiger partial charge < -0.3 is 39.0 Å². The molecule has 0 heterocycles. The fraction of sp³-hybridized carbons (Fsp3) is 0.556. The average molecular weight is 464 g/mol. The van der Waals surface area contributed by atoms with Crippen LogP contribution in [0.25, 0.3) is 0 Å². The van der Waals surface area contributed by atoms with E-state index in [0.717, 1.165) is 0 Å². The lowest BCUT2D eigenvalue weighted by molar-refractivity contribution is -0.176. The average Bonchev–Trinajstić information content (AvgIpc) is 2.71. The van der Waals surface area contributed by atoms with E-state index in [2.05, 4.69) is 9.47 Å². The molecule has 0 rings (SSSR count). The summed E-state index contributed by atoms with van der Waals surface area (Å²) in [6.07, 6.45) is 0.932. The van der Waals surface area contributed by atoms with Crippen LogP contribution < -0.4 is 0 Å². The Balaban J connectivity index is 4.73. The molecule has 0 aliphatic rings. The van der Waals surface area contributed by atoms with Crippen LogP contribution in [0.4, 0.5) is 0 Å². The van der Waals surface area contributed by atoms with Crippen LogP contribution in [-0.2, 0) is 52.5 Å². The molecule has 0 aliphatic heterocycles. The Morgan fingerprint density at radius 1 is 0.688 bits per heavy atom. The van der Waals surface area contributed by atoms with Crippen molar-refractivity contribution in [1.29, 1.82) is 0 Å². The molecule has 0 amide bonds. The summed E-state index contributed by atoms with van der Waals surface area (Å²) in [4.78, 5) is 64.8. The van der Waals surface area contributed by atoms with E-state index < -0.39 is 61.6 Å². The SMILES string of the molecule is O=COCC(COC=O)(COC/C=C/COCC(CC(=O)O)(CC(=O)O)C(=O)O)OC=O. The number of carbonyl (C=O) groups excluding carboxylic acids is 3. The van der Waals surface area contributed by atoms with Crippen molar-refractivity contribution < 1.29 is 67.8 Å². The predicted molar refractivity (Wildman–Crippen MR) is 99.3 cm³/mol. The van der Waals surface area contributed by atoms with Gasteiger partial charge in [0.25, 0.3) is 19.4 Å². The quantitative estimate of drug-likeness (QED) is 0.0793. The highest BCUT2D eigenvalue weighted by atomic mass is 16.6. The zero-order valence-corrected chi connectivity index (χ0v) is 16.9. The molecule has 32 heavy (non-hydrogen) atoms. The number of hydrogen-bond acceptors (Lipinski definition) is 11. The first-order valence-electron chi connectivity index (χ1n) is 8.86. The van der Waals surface area contributed by atoms with Crippen LogP contribution in [0.5, 0.6) is 0 Å². The lowest BCUT2D eigenvalue weighted by Crippen LogP contribution is -2.47. The van der Waals surface area contributed by atoms with Crippen LogP contribution >= 0.6 is 0 Å². The maximum absolute atomic E-state index is 11.4. The van der Waals surface area contributed by atoms with E-state index in [1.165, 1.54) is 12.2 Å². The van der Waals surface area contributed by atoms with Gasteiger partial charge in [0.2, 0.25) is 5.60 Å². The number of ether oxygens (including phenoxy) is 5. The third-order valence-electron chi connectivity index (χ3n) is 3.90. The van der Waals surface area contributed by atoms with Gasteiger partial charge in [0, 0.05) is 0 Å². The number of carbonyl (C=O) groups is 6. The van der Waals surface area contributed by atoms with Crippen LogP contribution in [0, 0.1) is 5.41 Å². The van der Waals surface area contributed by atoms with Gasteiger partial charge in [-0.25, -0.2) is 0 Å². The minimum Gasteiger partial charge on any atom is -0.481 e. The molecule has 0 saturated carbocycles. The summed E-state index contributed by atoms with van der Waals surface area (Å²) in [5.41, 5.74) is -3.70. The van der Waals surface area contributed by atoms with Gasteiger partial charge >= 0.3 is 17.9 Å². The molecule has 3 N–H and O–H groups in total. The molecule has 180 valence electrons. The Bertz CT molecular complexity index is 643. The molecule has 0 bridgehead atoms. The first-order chi connectivity index (χ1) is 15.2. The van der Waals surface area contributed by atoms with E-state index in [9.17, 15) is 33.9 Å². The minimum atomic E-state index is -2.13. The zero-order valence-electron chi connectivity index (χ0n) is 16.9. The maximum Gasteiger partial charge on any atom is 0.313 e. The molecule has 14 heteroatoms. The number of aliphatic carboxylic acids is 3. The second kappa shape index (κ2) is 15.3. The molecule has 0 aliphatic carbocycles. The molecule has 0 aromatic carbocycles. The van der Waals surface area contributed by atoms with Crippen molar-refractivity contribution >= 4 is 37.3 Å². The fourth-order valence-electron chi connectivity index (χ4n) is 2.43. The molecule has 14 nitrogen and oxygen atoms in total. The van der Waals surface area contributed by atoms with Crippen LogP contribution in [0.1, 0.15) is 12.8 Å². The monoisotopic (exact) mass is 464 g/mol. The van der Waals surface area contributed by atoms with Crippen LogP contribution in [0.3, 0.4) is 0 Å². The maximum atomic E-state index is 11.4. The normalized spacial score (nSPS) is 11.5. The first kappa shape index (κ1) is 28.5. The molecule has 0 atom stereocenters. The molecule has 0 radical (unpaired) electrons. The first-order valence-corrected chi connectivity index (χ1v) is 8.86. The second-order valence-corrected chi connectivity index (χ2v) is 6.44. The Hall–Kier alpha value is -3.52. The van der Waals surface area contributed by atoms with Crippen LogP contribution in [-0.4, -0.2) is 97.9 Å². The molecule has 0 unspecified atom stereocenters. The zero-order chi connectivity index (χ0) is 24.5. The van der Waals surface area contributed by atoms with Gasteiger partial charge in [0.15, 0.2) is 0 Å². The van der Waals surface area contributed by atoms with Crippen molar-refractivity contribution in [3.63, 3.8) is 0 Å². The van der Waals surface area contributed by atoms with Crippen molar-refractivity contribution in [2.24, 2.45) is 5.41 Å². The fourth-order valence-corrected chi connectivity index (χ4v) is 2.43. The summed E-state index contributed by atoms with van der Waals surface area (Å²) in [6.45, 7) is -1.86. The molecular weight excluding hydrogens is 440 g/mol. The summed E-state index contributed by atoms with van der Waals surface area (Å²) in [7, 11) is 0. The van der Waals surface area contributed by atoms with Crippen molar-refractivity contribution in [1.82, 2.24) is 0 Å². The van der Waals surface area contributed by atoms with E-state index in [4.69, 9.17) is 24.4 Å². The van der Waals surface area contributed by atoms with Crippen molar-refractivity contribution in [2.75, 3.05) is 39.6 Å². The highest BCUT2D eigenvalue weighted by Crippen LogP contribution is 2.28. The van der Waals surface area contributed by atoms with Gasteiger partial charge in [0.05, 0.1) is 39.3 Å². The van der Waals surface area contributed by atoms with Gasteiger partial charge in [-0.1, -0.05) is 12.2 Å². The Labute approximate surface area is 181 Å². The molecular formula is C18H24O14. The van der Waals surface area contributed by atoms with Gasteiger partial charge in [-0.2, -0.15) is 0 Å². The number of hydrogen-bond donors (Lipinski definition) is 3. The number of rotatable bonds is 21. The summed E-state index contributed by atoms with van der Waals surface area (Å²) in [6, 6.07) is 0. The van der Waals surface area contributed by atoms with Gasteiger partial charge in [0.1, 0.15) is 18.6 Å². The molecule has 0 spiro atoms. The van der Waals surface area contributed by atoms with Crippen LogP contribution in [0.15, 0.2) is 12.2 Å². The van der Waals surface area contributed by atoms with Crippen molar-refractivity contribution in [3.8, 4) is 0 Å². The van der Waals surface area contributed by atoms with Crippen molar-refractivity contribution in [3.05, 3.63) is 12.2 Å². The smallest absolute Gasteiger partial charge is 0.313 e. The predicted octanol–water partition coefficient (Wildman–Crippen LogP) is -1.15. The van der Waals surface area contributed by atoms with E-state index in [0.29, 0.717) is 0 Å². The van der Waals surface area contributed by atoms with E-state index >= 15 is 0 Å². The molecule has 0 saturated heterocycles. The standard InChI is InChI=1S/C18H24O14/c19-11-30-9-18(32-13-21,10-31-12-20)8-29-4-2-1-3-28-7-17(16(26)27,5-14(22)23)6-15(24)25/h1-2,11-13H,3-10H2,(H,22,23)(H,24,25)(H,26,27)/b2-1+. The molecule has 0 aromatic rings. The lowest BCUT2D eigenvalue weighted by atomic mass is 9.82. The van der Waals surface area contributed by atoms with E-state index in [1.807, 2.05) is 0 Å². The largest absolute Gasteiger partial charge is 0.481 e.